The third kappa shape index (κ3) is 4.20. The number of anilines is 1. The highest BCUT2D eigenvalue weighted by molar-refractivity contribution is 5.94. The van der Waals surface area contributed by atoms with E-state index in [1.54, 1.807) is 6.20 Å². The summed E-state index contributed by atoms with van der Waals surface area (Å²) >= 11 is 0. The molecule has 4 rings (SSSR count). The summed E-state index contributed by atoms with van der Waals surface area (Å²) in [5, 5.41) is 4.51. The molecule has 156 valence electrons. The first kappa shape index (κ1) is 20.1. The molecule has 7 heteroatoms. The number of aryl methyl sites for hydroxylation is 4. The van der Waals surface area contributed by atoms with Gasteiger partial charge in [-0.2, -0.15) is 5.10 Å². The van der Waals surface area contributed by atoms with Crippen LogP contribution in [0.4, 0.5) is 5.82 Å². The average Bonchev–Trinajstić information content (AvgIpc) is 3.06. The van der Waals surface area contributed by atoms with Crippen LogP contribution in [0.3, 0.4) is 0 Å². The van der Waals surface area contributed by atoms with Gasteiger partial charge in [0.2, 0.25) is 0 Å². The molecule has 0 radical (unpaired) electrons. The zero-order valence-corrected chi connectivity index (χ0v) is 18.1. The van der Waals surface area contributed by atoms with E-state index in [2.05, 4.69) is 33.0 Å². The SMILES string of the molecule is Cc1cnc(C)c(N2CCN(C(=O)c3ccc(Cn4nc(C)cc4C)cc3)CC2)n1. The Morgan fingerprint density at radius 3 is 2.30 bits per heavy atom. The number of hydrogen-bond acceptors (Lipinski definition) is 5. The molecule has 1 aliphatic rings. The maximum Gasteiger partial charge on any atom is 0.253 e. The first-order valence-electron chi connectivity index (χ1n) is 10.3. The van der Waals surface area contributed by atoms with Gasteiger partial charge in [0.25, 0.3) is 5.91 Å². The van der Waals surface area contributed by atoms with Crippen LogP contribution in [0, 0.1) is 27.7 Å². The maximum absolute atomic E-state index is 13.0. The van der Waals surface area contributed by atoms with Crippen molar-refractivity contribution in [3.05, 3.63) is 70.4 Å². The second-order valence-electron chi connectivity index (χ2n) is 7.98. The van der Waals surface area contributed by atoms with Gasteiger partial charge in [0.05, 0.1) is 23.6 Å². The number of benzene rings is 1. The van der Waals surface area contributed by atoms with Gasteiger partial charge >= 0.3 is 0 Å². The van der Waals surface area contributed by atoms with Crippen LogP contribution < -0.4 is 4.90 Å². The molecule has 3 heterocycles. The van der Waals surface area contributed by atoms with Gasteiger partial charge in [-0.3, -0.25) is 14.5 Å². The number of hydrogen-bond donors (Lipinski definition) is 0. The van der Waals surface area contributed by atoms with E-state index in [1.165, 1.54) is 0 Å². The van der Waals surface area contributed by atoms with Gasteiger partial charge in [0.1, 0.15) is 5.82 Å². The number of aromatic nitrogens is 4. The van der Waals surface area contributed by atoms with E-state index in [0.29, 0.717) is 19.6 Å². The molecule has 7 nitrogen and oxygen atoms in total. The minimum absolute atomic E-state index is 0.0827. The number of amides is 1. The zero-order valence-electron chi connectivity index (χ0n) is 18.1. The van der Waals surface area contributed by atoms with E-state index >= 15 is 0 Å². The summed E-state index contributed by atoms with van der Waals surface area (Å²) in [6, 6.07) is 9.95. The standard InChI is InChI=1S/C23H28N6O/c1-16-13-18(3)29(26-16)15-20-5-7-21(8-6-20)23(30)28-11-9-27(10-12-28)22-19(4)24-14-17(2)25-22/h5-8,13-14H,9-12,15H2,1-4H3. The van der Waals surface area contributed by atoms with Crippen molar-refractivity contribution in [1.29, 1.82) is 0 Å². The van der Waals surface area contributed by atoms with Crippen LogP contribution in [0.25, 0.3) is 0 Å². The summed E-state index contributed by atoms with van der Waals surface area (Å²) in [5.74, 6) is 1.01. The minimum Gasteiger partial charge on any atom is -0.352 e. The highest BCUT2D eigenvalue weighted by atomic mass is 16.2. The number of rotatable bonds is 4. The minimum atomic E-state index is 0.0827. The summed E-state index contributed by atoms with van der Waals surface area (Å²) in [6.07, 6.45) is 1.79. The smallest absolute Gasteiger partial charge is 0.253 e. The van der Waals surface area contributed by atoms with Crippen LogP contribution in [0.5, 0.6) is 0 Å². The summed E-state index contributed by atoms with van der Waals surface area (Å²) in [5.41, 5.74) is 5.86. The maximum atomic E-state index is 13.0. The number of carbonyl (C=O) groups is 1. The summed E-state index contributed by atoms with van der Waals surface area (Å²) < 4.78 is 1.99. The third-order valence-electron chi connectivity index (χ3n) is 5.55. The lowest BCUT2D eigenvalue weighted by Gasteiger charge is -2.36. The van der Waals surface area contributed by atoms with Crippen molar-refractivity contribution in [2.75, 3.05) is 31.1 Å². The van der Waals surface area contributed by atoms with Crippen LogP contribution >= 0.6 is 0 Å². The lowest BCUT2D eigenvalue weighted by molar-refractivity contribution is 0.0746. The van der Waals surface area contributed by atoms with E-state index in [9.17, 15) is 4.79 Å². The van der Waals surface area contributed by atoms with Crippen molar-refractivity contribution in [2.45, 2.75) is 34.2 Å². The third-order valence-corrected chi connectivity index (χ3v) is 5.55. The van der Waals surface area contributed by atoms with E-state index < -0.39 is 0 Å². The Hall–Kier alpha value is -3.22. The van der Waals surface area contributed by atoms with Gasteiger partial charge in [-0.05, 0) is 51.5 Å². The van der Waals surface area contributed by atoms with Gasteiger partial charge in [0.15, 0.2) is 0 Å². The van der Waals surface area contributed by atoms with Crippen molar-refractivity contribution in [2.24, 2.45) is 0 Å². The molecule has 0 atom stereocenters. The van der Waals surface area contributed by atoms with Gasteiger partial charge in [0, 0.05) is 43.6 Å². The molecule has 1 fully saturated rings. The van der Waals surface area contributed by atoms with Gasteiger partial charge in [-0.1, -0.05) is 12.1 Å². The molecule has 0 spiro atoms. The first-order valence-corrected chi connectivity index (χ1v) is 10.3. The average molecular weight is 405 g/mol. The molecule has 3 aromatic rings. The molecule has 0 N–H and O–H groups in total. The lowest BCUT2D eigenvalue weighted by atomic mass is 10.1. The van der Waals surface area contributed by atoms with E-state index in [-0.39, 0.29) is 5.91 Å². The first-order chi connectivity index (χ1) is 14.4. The second-order valence-corrected chi connectivity index (χ2v) is 7.98. The number of piperazine rings is 1. The molecule has 0 aliphatic carbocycles. The molecular weight excluding hydrogens is 376 g/mol. The van der Waals surface area contributed by atoms with Crippen LogP contribution in [-0.4, -0.2) is 56.7 Å². The Labute approximate surface area is 177 Å². The van der Waals surface area contributed by atoms with Crippen molar-refractivity contribution in [3.63, 3.8) is 0 Å². The number of nitrogens with zero attached hydrogens (tertiary/aromatic N) is 6. The molecule has 1 amide bonds. The van der Waals surface area contributed by atoms with Crippen molar-refractivity contribution in [1.82, 2.24) is 24.6 Å². The van der Waals surface area contributed by atoms with Gasteiger partial charge in [-0.25, -0.2) is 4.98 Å². The summed E-state index contributed by atoms with van der Waals surface area (Å²) in [7, 11) is 0. The molecule has 2 aromatic heterocycles. The quantitative estimate of drug-likeness (QED) is 0.669. The molecule has 0 saturated carbocycles. The highest BCUT2D eigenvalue weighted by Gasteiger charge is 2.24. The number of carbonyl (C=O) groups excluding carboxylic acids is 1. The molecule has 0 bridgehead atoms. The van der Waals surface area contributed by atoms with E-state index in [4.69, 9.17) is 0 Å². The van der Waals surface area contributed by atoms with E-state index in [0.717, 1.165) is 52.8 Å². The molecular formula is C23H28N6O. The molecule has 0 unspecified atom stereocenters. The second kappa shape index (κ2) is 8.26. The van der Waals surface area contributed by atoms with Crippen molar-refractivity contribution >= 4 is 11.7 Å². The highest BCUT2D eigenvalue weighted by Crippen LogP contribution is 2.19. The Kier molecular flexibility index (Phi) is 5.53. The predicted octanol–water partition coefficient (Wildman–Crippen LogP) is 2.92. The molecule has 30 heavy (non-hydrogen) atoms. The Balaban J connectivity index is 1.38. The lowest BCUT2D eigenvalue weighted by Crippen LogP contribution is -2.49. The fourth-order valence-electron chi connectivity index (χ4n) is 3.89. The Morgan fingerprint density at radius 1 is 0.967 bits per heavy atom. The van der Waals surface area contributed by atoms with Gasteiger partial charge in [-0.15, -0.1) is 0 Å². The topological polar surface area (TPSA) is 67.2 Å². The molecule has 1 aromatic carbocycles. The molecule has 1 saturated heterocycles. The molecule has 1 aliphatic heterocycles. The fraction of sp³-hybridized carbons (Fsp3) is 0.391. The largest absolute Gasteiger partial charge is 0.352 e. The summed E-state index contributed by atoms with van der Waals surface area (Å²) in [4.78, 5) is 26.1. The fourth-order valence-corrected chi connectivity index (χ4v) is 3.89. The monoisotopic (exact) mass is 404 g/mol. The van der Waals surface area contributed by atoms with Crippen molar-refractivity contribution in [3.8, 4) is 0 Å². The Bertz CT molecular complexity index is 1050. The van der Waals surface area contributed by atoms with Crippen LogP contribution in [0.15, 0.2) is 36.5 Å². The Morgan fingerprint density at radius 2 is 1.67 bits per heavy atom. The summed E-state index contributed by atoms with van der Waals surface area (Å²) in [6.45, 7) is 11.6. The predicted molar refractivity (Wildman–Crippen MR) is 117 cm³/mol. The van der Waals surface area contributed by atoms with Crippen LogP contribution in [-0.2, 0) is 6.54 Å². The van der Waals surface area contributed by atoms with Crippen LogP contribution in [0.1, 0.15) is 38.7 Å². The zero-order chi connectivity index (χ0) is 21.3. The van der Waals surface area contributed by atoms with Crippen molar-refractivity contribution < 1.29 is 4.79 Å². The van der Waals surface area contributed by atoms with Gasteiger partial charge < -0.3 is 9.80 Å². The van der Waals surface area contributed by atoms with E-state index in [1.807, 2.05) is 54.6 Å². The normalized spacial score (nSPS) is 14.3. The van der Waals surface area contributed by atoms with Crippen LogP contribution in [0.2, 0.25) is 0 Å².